The van der Waals surface area contributed by atoms with Crippen LogP contribution in [0.5, 0.6) is 5.75 Å². The van der Waals surface area contributed by atoms with E-state index in [4.69, 9.17) is 31.3 Å². The first-order chi connectivity index (χ1) is 31.2. The van der Waals surface area contributed by atoms with Gasteiger partial charge in [0.05, 0.1) is 36.5 Å². The number of para-hydroxylation sites is 1. The fourth-order valence-electron chi connectivity index (χ4n) is 8.72. The number of ether oxygens (including phenoxy) is 2. The number of hydrogen-bond acceptors (Lipinski definition) is 12. The van der Waals surface area contributed by atoms with Crippen molar-refractivity contribution in [1.29, 1.82) is 0 Å². The first-order valence-electron chi connectivity index (χ1n) is 21.0. The van der Waals surface area contributed by atoms with Crippen molar-refractivity contribution in [2.75, 3.05) is 20.3 Å². The summed E-state index contributed by atoms with van der Waals surface area (Å²) in [5.74, 6) is 0.0167. The maximum atomic E-state index is 15.0. The van der Waals surface area contributed by atoms with E-state index in [1.54, 1.807) is 52.2 Å². The third-order valence-corrected chi connectivity index (χ3v) is 15.0. The van der Waals surface area contributed by atoms with E-state index in [1.807, 2.05) is 37.3 Å². The number of nitro groups is 1. The number of halogens is 1. The minimum Gasteiger partial charge on any atom is -0.507 e. The molecule has 1 aliphatic heterocycles. The molecule has 1 atom stereocenters. The van der Waals surface area contributed by atoms with Crippen LogP contribution in [0.1, 0.15) is 70.7 Å². The van der Waals surface area contributed by atoms with Gasteiger partial charge in [-0.1, -0.05) is 48.0 Å². The lowest BCUT2D eigenvalue weighted by molar-refractivity contribution is -0.387. The third kappa shape index (κ3) is 8.85. The predicted molar refractivity (Wildman–Crippen MR) is 247 cm³/mol. The van der Waals surface area contributed by atoms with Gasteiger partial charge < -0.3 is 24.3 Å². The van der Waals surface area contributed by atoms with E-state index >= 15 is 8.42 Å². The number of nitro benzene ring substituents is 1. The van der Waals surface area contributed by atoms with Crippen LogP contribution < -0.4 is 0 Å². The molecule has 2 N–H and O–H groups in total. The van der Waals surface area contributed by atoms with Gasteiger partial charge in [0.15, 0.2) is 4.90 Å². The smallest absolute Gasteiger partial charge is 0.354 e. The van der Waals surface area contributed by atoms with Crippen molar-refractivity contribution in [2.24, 2.45) is 7.05 Å². The number of aliphatic hydroxyl groups excluding tert-OH is 1. The molecular formula is C46H48ClN7O9S2. The predicted octanol–water partition coefficient (Wildman–Crippen LogP) is 8.83. The molecule has 8 rings (SSSR count). The summed E-state index contributed by atoms with van der Waals surface area (Å²) in [5, 5.41) is 45.2. The zero-order valence-corrected chi connectivity index (χ0v) is 38.6. The SMILES string of the molecule is COC(=O)c1c(C)c2c(-c3c(CN(Cc4cc(CSc5cc(O)c6ccccc6c5)n(C)n4)S(=O)(=O)c4ccccc4[N+](=O)[O-])nn(C4CCCCO4)c3C)c(Cl)ccc2n1CCCO. The third-order valence-electron chi connectivity index (χ3n) is 11.8. The van der Waals surface area contributed by atoms with Gasteiger partial charge in [0.2, 0.25) is 0 Å². The number of phenolic OH excluding ortho intramolecular Hbond substituents is 1. The highest BCUT2D eigenvalue weighted by molar-refractivity contribution is 7.98. The number of nitrogens with zero attached hydrogens (tertiary/aromatic N) is 7. The molecule has 7 aromatic rings. The van der Waals surface area contributed by atoms with Gasteiger partial charge in [0.25, 0.3) is 15.7 Å². The maximum Gasteiger partial charge on any atom is 0.354 e. The van der Waals surface area contributed by atoms with Crippen LogP contribution in [-0.2, 0) is 51.9 Å². The van der Waals surface area contributed by atoms with E-state index in [0.29, 0.717) is 75.7 Å². The number of rotatable bonds is 16. The van der Waals surface area contributed by atoms with Gasteiger partial charge in [-0.15, -0.1) is 11.8 Å². The summed E-state index contributed by atoms with van der Waals surface area (Å²) in [7, 11) is -1.61. The largest absolute Gasteiger partial charge is 0.507 e. The van der Waals surface area contributed by atoms with Crippen LogP contribution in [0.4, 0.5) is 5.69 Å². The highest BCUT2D eigenvalue weighted by Crippen LogP contribution is 2.44. The Bertz CT molecular complexity index is 3070. The maximum absolute atomic E-state index is 15.0. The molecule has 3 aromatic heterocycles. The van der Waals surface area contributed by atoms with Gasteiger partial charge >= 0.3 is 5.97 Å². The van der Waals surface area contributed by atoms with Gasteiger partial charge in [-0.25, -0.2) is 17.9 Å². The molecule has 1 unspecified atom stereocenters. The zero-order valence-electron chi connectivity index (χ0n) is 36.2. The van der Waals surface area contributed by atoms with Crippen molar-refractivity contribution < 1.29 is 37.8 Å². The van der Waals surface area contributed by atoms with Crippen LogP contribution in [0, 0.1) is 24.0 Å². The Hall–Kier alpha value is -5.76. The Morgan fingerprint density at radius 3 is 2.55 bits per heavy atom. The summed E-state index contributed by atoms with van der Waals surface area (Å²) in [4.78, 5) is 25.4. The zero-order chi connectivity index (χ0) is 46.2. The molecule has 0 bridgehead atoms. The molecule has 16 nitrogen and oxygen atoms in total. The van der Waals surface area contributed by atoms with E-state index in [2.05, 4.69) is 0 Å². The van der Waals surface area contributed by atoms with Crippen LogP contribution >= 0.6 is 23.4 Å². The Balaban J connectivity index is 1.26. The number of carbonyl (C=O) groups excluding carboxylic acids is 1. The molecule has 0 aliphatic carbocycles. The van der Waals surface area contributed by atoms with Gasteiger partial charge in [0, 0.05) is 87.3 Å². The van der Waals surface area contributed by atoms with Crippen LogP contribution in [-0.4, -0.2) is 78.3 Å². The lowest BCUT2D eigenvalue weighted by Crippen LogP contribution is -2.31. The second-order valence-electron chi connectivity index (χ2n) is 15.9. The molecule has 0 amide bonds. The number of aromatic nitrogens is 5. The Labute approximate surface area is 384 Å². The Kier molecular flexibility index (Phi) is 13.4. The molecule has 65 heavy (non-hydrogen) atoms. The van der Waals surface area contributed by atoms with Gasteiger partial charge in [-0.2, -0.15) is 14.5 Å². The van der Waals surface area contributed by atoms with E-state index in [9.17, 15) is 25.1 Å². The molecule has 19 heteroatoms. The molecule has 0 saturated carbocycles. The second-order valence-corrected chi connectivity index (χ2v) is 19.2. The second kappa shape index (κ2) is 19.0. The summed E-state index contributed by atoms with van der Waals surface area (Å²) >= 11 is 8.68. The molecule has 1 saturated heterocycles. The quantitative estimate of drug-likeness (QED) is 0.0405. The summed E-state index contributed by atoms with van der Waals surface area (Å²) in [6, 6.07) is 21.8. The van der Waals surface area contributed by atoms with Crippen LogP contribution in [0.3, 0.4) is 0 Å². The Morgan fingerprint density at radius 1 is 1.05 bits per heavy atom. The number of aromatic hydroxyl groups is 1. The number of aliphatic hydroxyl groups is 1. The van der Waals surface area contributed by atoms with E-state index in [-0.39, 0.29) is 36.8 Å². The van der Waals surface area contributed by atoms with Crippen molar-refractivity contribution in [1.82, 2.24) is 28.4 Å². The highest BCUT2D eigenvalue weighted by Gasteiger charge is 2.36. The number of methoxy groups -OCH3 is 1. The summed E-state index contributed by atoms with van der Waals surface area (Å²) in [5.41, 5.74) is 3.97. The van der Waals surface area contributed by atoms with E-state index in [1.165, 1.54) is 37.1 Å². The monoisotopic (exact) mass is 941 g/mol. The fourth-order valence-corrected chi connectivity index (χ4v) is 11.5. The van der Waals surface area contributed by atoms with Crippen molar-refractivity contribution in [3.05, 3.63) is 128 Å². The topological polar surface area (TPSA) is 197 Å². The number of thioether (sulfide) groups is 1. The number of phenols is 1. The van der Waals surface area contributed by atoms with E-state index < -0.39 is 37.7 Å². The number of benzene rings is 4. The average molecular weight is 943 g/mol. The first kappa shape index (κ1) is 45.8. The van der Waals surface area contributed by atoms with Gasteiger partial charge in [-0.3, -0.25) is 14.8 Å². The van der Waals surface area contributed by atoms with Crippen molar-refractivity contribution in [3.8, 4) is 16.9 Å². The standard InChI is InChI=1S/C46H48ClN7O9S2/c1-28-42-38(52(19-11-20-55)45(28)46(57)62-4)18-17-35(47)44(42)43-29(2)53(41-16-9-10-21-63-41)49-36(43)26-51(65(60,61)40-15-8-7-14-37(40)54(58)59)25-31-23-32(50(3)48-31)27-64-33-22-30-12-5-6-13-34(30)39(56)24-33/h5-8,12-15,17-18,22-24,41,55-56H,9-11,16,19-21,25-27H2,1-4H3. The van der Waals surface area contributed by atoms with Crippen LogP contribution in [0.15, 0.2) is 88.7 Å². The first-order valence-corrected chi connectivity index (χ1v) is 23.8. The number of hydrogen-bond donors (Lipinski definition) is 2. The molecule has 340 valence electrons. The lowest BCUT2D eigenvalue weighted by atomic mass is 9.96. The summed E-state index contributed by atoms with van der Waals surface area (Å²) in [6.07, 6.45) is 2.27. The average Bonchev–Trinajstić information content (AvgIpc) is 3.92. The van der Waals surface area contributed by atoms with E-state index in [0.717, 1.165) is 44.6 Å². The molecule has 4 heterocycles. The lowest BCUT2D eigenvalue weighted by Gasteiger charge is -2.24. The number of fused-ring (bicyclic) bond motifs is 2. The molecule has 0 spiro atoms. The van der Waals surface area contributed by atoms with Crippen LogP contribution in [0.25, 0.3) is 32.8 Å². The van der Waals surface area contributed by atoms with Crippen molar-refractivity contribution in [3.63, 3.8) is 0 Å². The summed E-state index contributed by atoms with van der Waals surface area (Å²) in [6.45, 7) is 3.66. The van der Waals surface area contributed by atoms with Gasteiger partial charge in [0.1, 0.15) is 17.7 Å². The van der Waals surface area contributed by atoms with Crippen molar-refractivity contribution >= 4 is 66.7 Å². The number of sulfonamides is 1. The molecule has 0 radical (unpaired) electrons. The minimum atomic E-state index is -4.67. The molecular weight excluding hydrogens is 894 g/mol. The minimum absolute atomic E-state index is 0.118. The molecule has 4 aromatic carbocycles. The highest BCUT2D eigenvalue weighted by atomic mass is 35.5. The molecule has 1 fully saturated rings. The van der Waals surface area contributed by atoms with Crippen LogP contribution in [0.2, 0.25) is 5.02 Å². The number of esters is 1. The normalized spacial score (nSPS) is 14.5. The van der Waals surface area contributed by atoms with Crippen molar-refractivity contribution in [2.45, 2.75) is 80.9 Å². The number of aryl methyl sites for hydroxylation is 3. The number of carbonyl (C=O) groups is 1. The Morgan fingerprint density at radius 2 is 1.82 bits per heavy atom. The molecule has 1 aliphatic rings. The van der Waals surface area contributed by atoms with Gasteiger partial charge in [-0.05, 0) is 86.9 Å². The fraction of sp³-hybridized carbons (Fsp3) is 0.326. The summed E-state index contributed by atoms with van der Waals surface area (Å²) < 4.78 is 47.9.